The fraction of sp³-hybridized carbons (Fsp3) is 0.0952. The van der Waals surface area contributed by atoms with E-state index in [9.17, 15) is 19.5 Å². The maximum absolute atomic E-state index is 12.3. The lowest BCUT2D eigenvalue weighted by atomic mass is 10.1. The van der Waals surface area contributed by atoms with Crippen molar-refractivity contribution >= 4 is 35.0 Å². The molecule has 0 unspecified atom stereocenters. The fourth-order valence-corrected chi connectivity index (χ4v) is 3.33. The van der Waals surface area contributed by atoms with Crippen molar-refractivity contribution in [2.75, 3.05) is 6.54 Å². The summed E-state index contributed by atoms with van der Waals surface area (Å²) in [6.45, 7) is 0.138. The number of amides is 2. The zero-order valence-corrected chi connectivity index (χ0v) is 15.4. The molecule has 1 aliphatic rings. The molecule has 0 aromatic heterocycles. The van der Waals surface area contributed by atoms with Crippen LogP contribution in [0.3, 0.4) is 0 Å². The van der Waals surface area contributed by atoms with Crippen LogP contribution >= 0.6 is 11.8 Å². The van der Waals surface area contributed by atoms with Gasteiger partial charge in [0, 0.05) is 5.56 Å². The van der Waals surface area contributed by atoms with E-state index in [0.29, 0.717) is 11.3 Å². The van der Waals surface area contributed by atoms with Gasteiger partial charge in [0.2, 0.25) is 0 Å². The maximum Gasteiger partial charge on any atom is 0.294 e. The van der Waals surface area contributed by atoms with Gasteiger partial charge in [-0.1, -0.05) is 48.4 Å². The van der Waals surface area contributed by atoms with Gasteiger partial charge in [-0.2, -0.15) is 0 Å². The van der Waals surface area contributed by atoms with Gasteiger partial charge in [-0.3, -0.25) is 14.5 Å². The molecule has 0 atom stereocenters. The van der Waals surface area contributed by atoms with E-state index in [2.05, 4.69) is 5.92 Å². The third-order valence-corrected chi connectivity index (χ3v) is 4.82. The van der Waals surface area contributed by atoms with Crippen LogP contribution in [0, 0.1) is 12.3 Å². The number of imide groups is 1. The van der Waals surface area contributed by atoms with Crippen molar-refractivity contribution in [1.82, 2.24) is 4.90 Å². The average molecular weight is 392 g/mol. The lowest BCUT2D eigenvalue weighted by Crippen LogP contribution is -2.28. The third kappa shape index (κ3) is 4.24. The molecule has 0 bridgehead atoms. The van der Waals surface area contributed by atoms with E-state index in [1.807, 2.05) is 0 Å². The Morgan fingerprint density at radius 2 is 1.89 bits per heavy atom. The van der Waals surface area contributed by atoms with Crippen molar-refractivity contribution in [1.29, 1.82) is 0 Å². The first-order valence-corrected chi connectivity index (χ1v) is 9.02. The van der Waals surface area contributed by atoms with Gasteiger partial charge in [0.25, 0.3) is 11.1 Å². The van der Waals surface area contributed by atoms with Gasteiger partial charge >= 0.3 is 0 Å². The van der Waals surface area contributed by atoms with Gasteiger partial charge in [-0.15, -0.1) is 6.42 Å². The lowest BCUT2D eigenvalue weighted by Gasteiger charge is -2.10. The molecule has 28 heavy (non-hydrogen) atoms. The monoisotopic (exact) mass is 392 g/mol. The van der Waals surface area contributed by atoms with E-state index >= 15 is 0 Å². The van der Waals surface area contributed by atoms with Crippen LogP contribution in [-0.2, 0) is 11.4 Å². The molecule has 6 nitrogen and oxygen atoms in total. The number of thioether (sulfide) groups is 1. The standard InChI is InChI=1S/C21H15NO5S/c1-2-11-22-19(23)18(28-21(22)26)12-16-5-3-4-6-17(16)27-13-14-7-9-15(10-8-14)20(24)25/h1,3-10,12H,11,13H2,(H,24,25)/p-1/b18-12+. The Morgan fingerprint density at radius 3 is 2.57 bits per heavy atom. The average Bonchev–Trinajstić information content (AvgIpc) is 2.95. The first-order valence-electron chi connectivity index (χ1n) is 8.20. The topological polar surface area (TPSA) is 86.7 Å². The van der Waals surface area contributed by atoms with Crippen LogP contribution in [0.1, 0.15) is 21.5 Å². The van der Waals surface area contributed by atoms with Gasteiger partial charge in [0.1, 0.15) is 12.4 Å². The summed E-state index contributed by atoms with van der Waals surface area (Å²) in [6, 6.07) is 13.3. The molecule has 0 saturated carbocycles. The van der Waals surface area contributed by atoms with Crippen LogP contribution in [0.5, 0.6) is 5.75 Å². The molecule has 1 heterocycles. The van der Waals surface area contributed by atoms with Crippen molar-refractivity contribution in [3.05, 3.63) is 70.1 Å². The highest BCUT2D eigenvalue weighted by atomic mass is 32.2. The number of carboxylic acids is 1. The van der Waals surface area contributed by atoms with Crippen LogP contribution in [0.2, 0.25) is 0 Å². The summed E-state index contributed by atoms with van der Waals surface area (Å²) in [7, 11) is 0. The summed E-state index contributed by atoms with van der Waals surface area (Å²) >= 11 is 0.830. The van der Waals surface area contributed by atoms with E-state index in [-0.39, 0.29) is 23.6 Å². The molecule has 0 N–H and O–H groups in total. The Hall–Kier alpha value is -3.50. The van der Waals surface area contributed by atoms with Gasteiger partial charge < -0.3 is 14.6 Å². The molecule has 140 valence electrons. The van der Waals surface area contributed by atoms with E-state index in [1.54, 1.807) is 42.5 Å². The summed E-state index contributed by atoms with van der Waals surface area (Å²) in [4.78, 5) is 36.3. The molecule has 0 spiro atoms. The molecule has 0 radical (unpaired) electrons. The minimum absolute atomic E-state index is 0.0674. The van der Waals surface area contributed by atoms with Gasteiger partial charge in [0.05, 0.1) is 17.4 Å². The molecule has 2 aromatic rings. The molecular weight excluding hydrogens is 378 g/mol. The highest BCUT2D eigenvalue weighted by molar-refractivity contribution is 8.18. The van der Waals surface area contributed by atoms with Crippen molar-refractivity contribution < 1.29 is 24.2 Å². The first-order chi connectivity index (χ1) is 13.5. The number of aromatic carboxylic acids is 1. The molecule has 1 fully saturated rings. The van der Waals surface area contributed by atoms with Crippen LogP contribution in [0.15, 0.2) is 53.4 Å². The SMILES string of the molecule is C#CCN1C(=O)S/C(=C/c2ccccc2OCc2ccc(C(=O)[O-])cc2)C1=O. The predicted molar refractivity (Wildman–Crippen MR) is 103 cm³/mol. The number of para-hydroxylation sites is 1. The number of hydrogen-bond donors (Lipinski definition) is 0. The summed E-state index contributed by atoms with van der Waals surface area (Å²) in [5.74, 6) is 1.15. The molecule has 1 saturated heterocycles. The second-order valence-corrected chi connectivity index (χ2v) is 6.78. The summed E-state index contributed by atoms with van der Waals surface area (Å²) in [5, 5.41) is 10.4. The highest BCUT2D eigenvalue weighted by Crippen LogP contribution is 2.33. The van der Waals surface area contributed by atoms with E-state index in [1.165, 1.54) is 12.1 Å². The van der Waals surface area contributed by atoms with Crippen molar-refractivity contribution in [3.8, 4) is 18.1 Å². The number of benzene rings is 2. The number of terminal acetylenes is 1. The molecule has 1 aliphatic heterocycles. The highest BCUT2D eigenvalue weighted by Gasteiger charge is 2.34. The van der Waals surface area contributed by atoms with E-state index in [4.69, 9.17) is 11.2 Å². The van der Waals surface area contributed by atoms with E-state index < -0.39 is 17.1 Å². The predicted octanol–water partition coefficient (Wildman–Crippen LogP) is 2.30. The molecule has 3 rings (SSSR count). The number of nitrogens with zero attached hydrogens (tertiary/aromatic N) is 1. The quantitative estimate of drug-likeness (QED) is 0.554. The van der Waals surface area contributed by atoms with Crippen LogP contribution in [0.25, 0.3) is 6.08 Å². The number of hydrogen-bond acceptors (Lipinski definition) is 6. The van der Waals surface area contributed by atoms with Crippen molar-refractivity contribution in [2.24, 2.45) is 0 Å². The van der Waals surface area contributed by atoms with Gasteiger partial charge in [-0.25, -0.2) is 0 Å². The Morgan fingerprint density at radius 1 is 1.18 bits per heavy atom. The van der Waals surface area contributed by atoms with Gasteiger partial charge in [-0.05, 0) is 35.0 Å². The van der Waals surface area contributed by atoms with Crippen LogP contribution in [0.4, 0.5) is 4.79 Å². The summed E-state index contributed by atoms with van der Waals surface area (Å²) in [6.07, 6.45) is 6.79. The normalized spacial score (nSPS) is 15.0. The Balaban J connectivity index is 1.77. The van der Waals surface area contributed by atoms with Crippen molar-refractivity contribution in [2.45, 2.75) is 6.61 Å². The molecule has 2 amide bonds. The summed E-state index contributed by atoms with van der Waals surface area (Å²) in [5.41, 5.74) is 1.50. The Kier molecular flexibility index (Phi) is 5.82. The van der Waals surface area contributed by atoms with E-state index in [0.717, 1.165) is 22.2 Å². The minimum Gasteiger partial charge on any atom is -0.545 e. The first kappa shape index (κ1) is 19.3. The maximum atomic E-state index is 12.3. The molecule has 0 aliphatic carbocycles. The zero-order valence-electron chi connectivity index (χ0n) is 14.6. The smallest absolute Gasteiger partial charge is 0.294 e. The van der Waals surface area contributed by atoms with Gasteiger partial charge in [0.15, 0.2) is 0 Å². The minimum atomic E-state index is -1.24. The molecular formula is C21H14NO5S-. The van der Waals surface area contributed by atoms with Crippen LogP contribution < -0.4 is 9.84 Å². The number of rotatable bonds is 6. The Labute approximate surface area is 165 Å². The molecule has 7 heteroatoms. The number of ether oxygens (including phenoxy) is 1. The second-order valence-electron chi connectivity index (χ2n) is 5.78. The zero-order chi connectivity index (χ0) is 20.1. The Bertz CT molecular complexity index is 1000. The third-order valence-electron chi connectivity index (χ3n) is 3.91. The molecule has 2 aromatic carbocycles. The number of carboxylic acid groups (broad SMARTS) is 1. The lowest BCUT2D eigenvalue weighted by molar-refractivity contribution is -0.255. The largest absolute Gasteiger partial charge is 0.545 e. The summed E-state index contributed by atoms with van der Waals surface area (Å²) < 4.78 is 5.81. The van der Waals surface area contributed by atoms with Crippen molar-refractivity contribution in [3.63, 3.8) is 0 Å². The number of carbonyl (C=O) groups is 3. The number of carbonyl (C=O) groups excluding carboxylic acids is 3. The van der Waals surface area contributed by atoms with Crippen LogP contribution in [-0.4, -0.2) is 28.6 Å². The fourth-order valence-electron chi connectivity index (χ4n) is 2.50. The second kappa shape index (κ2) is 8.46.